The van der Waals surface area contributed by atoms with Crippen molar-refractivity contribution in [2.24, 2.45) is 0 Å². The highest BCUT2D eigenvalue weighted by Gasteiger charge is 2.00. The zero-order valence-corrected chi connectivity index (χ0v) is 10.2. The average molecular weight is 308 g/mol. The van der Waals surface area contributed by atoms with Crippen LogP contribution in [-0.4, -0.2) is 0 Å². The van der Waals surface area contributed by atoms with Crippen LogP contribution in [0.2, 0.25) is 0 Å². The predicted molar refractivity (Wildman–Crippen MR) is 60.5 cm³/mol. The molecule has 0 N–H and O–H groups in total. The molecule has 0 atom stereocenters. The fraction of sp³-hybridized carbons (Fsp3) is 0.200. The molecule has 13 heavy (non-hydrogen) atoms. The van der Waals surface area contributed by atoms with E-state index in [0.29, 0.717) is 4.47 Å². The summed E-state index contributed by atoms with van der Waals surface area (Å²) < 4.78 is 14.5. The lowest BCUT2D eigenvalue weighted by Crippen LogP contribution is -1.87. The number of allylic oxidation sites excluding steroid dienone is 1. The van der Waals surface area contributed by atoms with Crippen LogP contribution in [0.3, 0.4) is 0 Å². The molecule has 0 saturated heterocycles. The molecule has 0 aromatic heterocycles. The van der Waals surface area contributed by atoms with Crippen molar-refractivity contribution in [1.82, 2.24) is 0 Å². The number of benzene rings is 1. The van der Waals surface area contributed by atoms with Gasteiger partial charge in [0.15, 0.2) is 0 Å². The summed E-state index contributed by atoms with van der Waals surface area (Å²) in [4.78, 5) is 0. The lowest BCUT2D eigenvalue weighted by molar-refractivity contribution is 0.618. The Morgan fingerprint density at radius 1 is 1.46 bits per heavy atom. The van der Waals surface area contributed by atoms with Crippen LogP contribution in [0.4, 0.5) is 4.39 Å². The standard InChI is InChI=1S/C10H9Br2F/c1-7(11)2-3-8-4-5-9(12)10(13)6-8/h4-6H,1-3H2. The smallest absolute Gasteiger partial charge is 0.137 e. The van der Waals surface area contributed by atoms with Crippen molar-refractivity contribution in [3.8, 4) is 0 Å². The second-order valence-electron chi connectivity index (χ2n) is 2.77. The van der Waals surface area contributed by atoms with Crippen LogP contribution < -0.4 is 0 Å². The van der Waals surface area contributed by atoms with Gasteiger partial charge in [-0.1, -0.05) is 28.6 Å². The largest absolute Gasteiger partial charge is 0.206 e. The third-order valence-corrected chi connectivity index (χ3v) is 2.71. The molecule has 0 nitrogen and oxygen atoms in total. The summed E-state index contributed by atoms with van der Waals surface area (Å²) in [5.41, 5.74) is 0.987. The van der Waals surface area contributed by atoms with Crippen LogP contribution in [-0.2, 0) is 6.42 Å². The van der Waals surface area contributed by atoms with Gasteiger partial charge in [-0.05, 0) is 51.0 Å². The molecule has 0 spiro atoms. The number of rotatable bonds is 3. The maximum atomic E-state index is 13.0. The van der Waals surface area contributed by atoms with Gasteiger partial charge in [-0.3, -0.25) is 0 Å². The first-order valence-electron chi connectivity index (χ1n) is 3.87. The summed E-state index contributed by atoms with van der Waals surface area (Å²) in [6, 6.07) is 5.17. The van der Waals surface area contributed by atoms with Crippen LogP contribution in [0, 0.1) is 5.82 Å². The van der Waals surface area contributed by atoms with Gasteiger partial charge in [0.05, 0.1) is 4.47 Å². The van der Waals surface area contributed by atoms with E-state index in [0.717, 1.165) is 22.9 Å². The molecule has 1 rings (SSSR count). The quantitative estimate of drug-likeness (QED) is 0.775. The van der Waals surface area contributed by atoms with E-state index in [1.807, 2.05) is 6.07 Å². The van der Waals surface area contributed by atoms with Crippen molar-refractivity contribution in [3.63, 3.8) is 0 Å². The van der Waals surface area contributed by atoms with Crippen molar-refractivity contribution in [1.29, 1.82) is 0 Å². The van der Waals surface area contributed by atoms with Gasteiger partial charge < -0.3 is 0 Å². The topological polar surface area (TPSA) is 0 Å². The van der Waals surface area contributed by atoms with Crippen LogP contribution in [0.1, 0.15) is 12.0 Å². The fourth-order valence-corrected chi connectivity index (χ4v) is 1.42. The molecule has 1 aromatic rings. The van der Waals surface area contributed by atoms with Crippen LogP contribution in [0.15, 0.2) is 33.7 Å². The minimum absolute atomic E-state index is 0.210. The maximum absolute atomic E-state index is 13.0. The Hall–Kier alpha value is -0.150. The van der Waals surface area contributed by atoms with Crippen LogP contribution in [0.25, 0.3) is 0 Å². The molecule has 0 saturated carbocycles. The van der Waals surface area contributed by atoms with E-state index in [1.54, 1.807) is 12.1 Å². The molecule has 0 aliphatic carbocycles. The second kappa shape index (κ2) is 4.91. The molecule has 0 fully saturated rings. The zero-order chi connectivity index (χ0) is 9.84. The van der Waals surface area contributed by atoms with Gasteiger partial charge >= 0.3 is 0 Å². The van der Waals surface area contributed by atoms with Crippen molar-refractivity contribution in [3.05, 3.63) is 45.1 Å². The summed E-state index contributed by atoms with van der Waals surface area (Å²) >= 11 is 6.37. The molecule has 0 amide bonds. The van der Waals surface area contributed by atoms with E-state index < -0.39 is 0 Å². The molecular formula is C10H9Br2F. The number of hydrogen-bond acceptors (Lipinski definition) is 0. The van der Waals surface area contributed by atoms with Crippen molar-refractivity contribution in [2.75, 3.05) is 0 Å². The van der Waals surface area contributed by atoms with Crippen molar-refractivity contribution in [2.45, 2.75) is 12.8 Å². The number of hydrogen-bond donors (Lipinski definition) is 0. The second-order valence-corrected chi connectivity index (χ2v) is 4.74. The van der Waals surface area contributed by atoms with Crippen LogP contribution in [0.5, 0.6) is 0 Å². The Balaban J connectivity index is 2.68. The Kier molecular flexibility index (Phi) is 4.13. The highest BCUT2D eigenvalue weighted by molar-refractivity contribution is 9.11. The lowest BCUT2D eigenvalue weighted by atomic mass is 10.1. The summed E-state index contributed by atoms with van der Waals surface area (Å²) in [7, 11) is 0. The first-order chi connectivity index (χ1) is 6.09. The van der Waals surface area contributed by atoms with E-state index in [4.69, 9.17) is 0 Å². The highest BCUT2D eigenvalue weighted by Crippen LogP contribution is 2.18. The van der Waals surface area contributed by atoms with Gasteiger partial charge in [0, 0.05) is 0 Å². The third kappa shape index (κ3) is 3.61. The first kappa shape index (κ1) is 10.9. The number of halogens is 3. The Labute approximate surface area is 94.1 Å². The fourth-order valence-electron chi connectivity index (χ4n) is 0.975. The van der Waals surface area contributed by atoms with Gasteiger partial charge in [0.25, 0.3) is 0 Å². The maximum Gasteiger partial charge on any atom is 0.137 e. The SMILES string of the molecule is C=C(Br)CCc1ccc(Br)c(F)c1. The minimum atomic E-state index is -0.210. The molecule has 0 aliphatic heterocycles. The van der Waals surface area contributed by atoms with Gasteiger partial charge in [-0.25, -0.2) is 4.39 Å². The molecule has 0 bridgehead atoms. The zero-order valence-electron chi connectivity index (χ0n) is 6.99. The molecule has 1 aromatic carbocycles. The van der Waals surface area contributed by atoms with E-state index in [1.165, 1.54) is 0 Å². The van der Waals surface area contributed by atoms with Gasteiger partial charge in [0.2, 0.25) is 0 Å². The van der Waals surface area contributed by atoms with Crippen molar-refractivity contribution >= 4 is 31.9 Å². The summed E-state index contributed by atoms with van der Waals surface area (Å²) in [5, 5.41) is 0. The van der Waals surface area contributed by atoms with E-state index in [-0.39, 0.29) is 5.82 Å². The molecule has 0 radical (unpaired) electrons. The normalized spacial score (nSPS) is 10.1. The van der Waals surface area contributed by atoms with Crippen molar-refractivity contribution < 1.29 is 4.39 Å². The highest BCUT2D eigenvalue weighted by atomic mass is 79.9. The third-order valence-electron chi connectivity index (χ3n) is 1.67. The van der Waals surface area contributed by atoms with Crippen LogP contribution >= 0.6 is 31.9 Å². The molecule has 70 valence electrons. The monoisotopic (exact) mass is 306 g/mol. The summed E-state index contributed by atoms with van der Waals surface area (Å²) in [6.07, 6.45) is 1.65. The lowest BCUT2D eigenvalue weighted by Gasteiger charge is -2.01. The molecule has 0 heterocycles. The minimum Gasteiger partial charge on any atom is -0.206 e. The molecule has 0 aliphatic rings. The molecular weight excluding hydrogens is 299 g/mol. The van der Waals surface area contributed by atoms with Gasteiger partial charge in [0.1, 0.15) is 5.82 Å². The predicted octanol–water partition coefficient (Wildman–Crippen LogP) is 4.43. The Bertz CT molecular complexity index is 321. The molecule has 3 heteroatoms. The van der Waals surface area contributed by atoms with E-state index in [2.05, 4.69) is 38.4 Å². The van der Waals surface area contributed by atoms with Gasteiger partial charge in [-0.2, -0.15) is 0 Å². The Morgan fingerprint density at radius 2 is 2.15 bits per heavy atom. The van der Waals surface area contributed by atoms with Gasteiger partial charge in [-0.15, -0.1) is 0 Å². The average Bonchev–Trinajstić information content (AvgIpc) is 2.07. The van der Waals surface area contributed by atoms with E-state index >= 15 is 0 Å². The summed E-state index contributed by atoms with van der Waals surface area (Å²) in [6.45, 7) is 3.72. The number of aryl methyl sites for hydroxylation is 1. The Morgan fingerprint density at radius 3 is 2.69 bits per heavy atom. The summed E-state index contributed by atoms with van der Waals surface area (Å²) in [5.74, 6) is -0.210. The first-order valence-corrected chi connectivity index (χ1v) is 5.45. The molecule has 0 unspecified atom stereocenters. The van der Waals surface area contributed by atoms with E-state index in [9.17, 15) is 4.39 Å².